The Bertz CT molecular complexity index is 2400. The summed E-state index contributed by atoms with van der Waals surface area (Å²) in [6.45, 7) is 0. The first-order valence-electron chi connectivity index (χ1n) is 12.2. The molecule has 0 bridgehead atoms. The van der Waals surface area contributed by atoms with E-state index in [0.717, 1.165) is 24.3 Å². The first-order chi connectivity index (χ1) is 23.0. The Balaban J connectivity index is 2.85. The normalized spacial score (nSPS) is 12.9. The molecule has 0 aliphatic heterocycles. The molecule has 9 nitrogen and oxygen atoms in total. The van der Waals surface area contributed by atoms with Crippen molar-refractivity contribution in [3.63, 3.8) is 0 Å². The van der Waals surface area contributed by atoms with Gasteiger partial charge in [-0.1, -0.05) is 0 Å². The standard InChI is InChI=1S/C29H3F12N9/c30-26(31,32)21-2-13(19(9-47)24(49-21)28(36,37)38)15(5-43)12-1-11(4-42)23(18(8-46)16(12)6-44)17(7-45)14-3-22(27(33,34)35)50-25(20(14)10-48)29(39,40)41/h1-3H/b15-12-,23-17+. The molecule has 0 aliphatic carbocycles. The zero-order valence-corrected chi connectivity index (χ0v) is 23.3. The van der Waals surface area contributed by atoms with Crippen LogP contribution in [0.15, 0.2) is 18.2 Å². The van der Waals surface area contributed by atoms with Crippen LogP contribution in [0.2, 0.25) is 0 Å². The number of hydrogen-bond donors (Lipinski definition) is 0. The zero-order chi connectivity index (χ0) is 38.1. The summed E-state index contributed by atoms with van der Waals surface area (Å²) in [6.07, 6.45) is -22.8. The molecule has 0 fully saturated rings. The van der Waals surface area contributed by atoms with Crippen molar-refractivity contribution in [1.82, 2.24) is 9.97 Å². The topological polar surface area (TPSA) is 192 Å². The summed E-state index contributed by atoms with van der Waals surface area (Å²) >= 11 is 0. The Hall–Kier alpha value is -7.15. The Morgan fingerprint density at radius 2 is 0.840 bits per heavy atom. The van der Waals surface area contributed by atoms with Crippen LogP contribution in [0.3, 0.4) is 0 Å². The lowest BCUT2D eigenvalue weighted by Crippen LogP contribution is -2.27. The van der Waals surface area contributed by atoms with E-state index in [1.807, 2.05) is 0 Å². The Labute approximate surface area is 268 Å². The lowest BCUT2D eigenvalue weighted by molar-refractivity contribution is -0.151. The van der Waals surface area contributed by atoms with Gasteiger partial charge in [0, 0.05) is 21.6 Å². The first-order valence-corrected chi connectivity index (χ1v) is 12.2. The molecule has 2 aromatic heterocycles. The average molecular weight is 705 g/mol. The SMILES string of the molecule is N#C/C(c1cc(C(F)(F)F)nc(C(F)(F)F)c1C#N)=c1/c(C#N)c/c(=C(\C#N)c2cc(C(F)(F)F)nc(C(F)(F)F)c2C#N)c(C#N)c1C#N. The van der Waals surface area contributed by atoms with Gasteiger partial charge in [0.05, 0.1) is 45.0 Å². The van der Waals surface area contributed by atoms with Crippen molar-refractivity contribution in [3.05, 3.63) is 90.4 Å². The molecule has 0 radical (unpaired) electrons. The monoisotopic (exact) mass is 705 g/mol. The fraction of sp³-hybridized carbons (Fsp3) is 0.138. The number of nitrogens with zero attached hydrogens (tertiary/aromatic N) is 9. The second-order valence-corrected chi connectivity index (χ2v) is 9.18. The number of halogens is 12. The highest BCUT2D eigenvalue weighted by Crippen LogP contribution is 2.39. The molecule has 0 spiro atoms. The fourth-order valence-electron chi connectivity index (χ4n) is 4.38. The van der Waals surface area contributed by atoms with Crippen molar-refractivity contribution in [2.75, 3.05) is 0 Å². The van der Waals surface area contributed by atoms with Crippen LogP contribution in [-0.2, 0) is 24.7 Å². The van der Waals surface area contributed by atoms with E-state index in [9.17, 15) is 89.5 Å². The van der Waals surface area contributed by atoms with Gasteiger partial charge in [0.1, 0.15) is 47.8 Å². The van der Waals surface area contributed by atoms with Gasteiger partial charge in [-0.15, -0.1) is 0 Å². The van der Waals surface area contributed by atoms with Crippen LogP contribution >= 0.6 is 0 Å². The lowest BCUT2D eigenvalue weighted by atomic mass is 9.88. The summed E-state index contributed by atoms with van der Waals surface area (Å²) in [5.74, 6) is 0. The molecule has 21 heteroatoms. The highest BCUT2D eigenvalue weighted by molar-refractivity contribution is 5.85. The molecule has 2 heterocycles. The second-order valence-electron chi connectivity index (χ2n) is 9.18. The smallest absolute Gasteiger partial charge is 0.237 e. The molecule has 50 heavy (non-hydrogen) atoms. The van der Waals surface area contributed by atoms with Crippen LogP contribution in [0.25, 0.3) is 11.1 Å². The summed E-state index contributed by atoms with van der Waals surface area (Å²) in [5, 5.41) is 66.2. The summed E-state index contributed by atoms with van der Waals surface area (Å²) in [5.41, 5.74) is -22.5. The predicted molar refractivity (Wildman–Crippen MR) is 134 cm³/mol. The minimum Gasteiger partial charge on any atom is -0.237 e. The maximum atomic E-state index is 13.7. The van der Waals surface area contributed by atoms with Gasteiger partial charge in [-0.2, -0.15) is 89.5 Å². The maximum absolute atomic E-state index is 13.7. The third-order valence-corrected chi connectivity index (χ3v) is 6.33. The molecular weight excluding hydrogens is 702 g/mol. The molecular formula is C29H3F12N9. The molecule has 0 N–H and O–H groups in total. The summed E-state index contributed by atoms with van der Waals surface area (Å²) in [7, 11) is 0. The van der Waals surface area contributed by atoms with E-state index in [1.54, 1.807) is 0 Å². The lowest BCUT2D eigenvalue weighted by Gasteiger charge is -2.16. The Morgan fingerprint density at radius 1 is 0.460 bits per heavy atom. The number of rotatable bonds is 2. The Morgan fingerprint density at radius 3 is 1.14 bits per heavy atom. The average Bonchev–Trinajstić information content (AvgIpc) is 3.02. The van der Waals surface area contributed by atoms with Gasteiger partial charge in [-0.3, -0.25) is 0 Å². The van der Waals surface area contributed by atoms with Crippen molar-refractivity contribution >= 4 is 11.1 Å². The molecule has 0 atom stereocenters. The van der Waals surface area contributed by atoms with Gasteiger partial charge in [-0.05, 0) is 18.2 Å². The van der Waals surface area contributed by atoms with Crippen LogP contribution in [0.5, 0.6) is 0 Å². The van der Waals surface area contributed by atoms with E-state index in [4.69, 9.17) is 0 Å². The number of benzene rings is 1. The first kappa shape index (κ1) is 37.3. The molecule has 3 aromatic rings. The van der Waals surface area contributed by atoms with E-state index in [2.05, 4.69) is 9.97 Å². The van der Waals surface area contributed by atoms with Gasteiger partial charge in [-0.25, -0.2) is 9.97 Å². The minimum absolute atomic E-state index is 0.195. The summed E-state index contributed by atoms with van der Waals surface area (Å²) < 4.78 is 164. The molecule has 0 saturated carbocycles. The van der Waals surface area contributed by atoms with Gasteiger partial charge in [0.25, 0.3) is 0 Å². The second kappa shape index (κ2) is 12.8. The van der Waals surface area contributed by atoms with Gasteiger partial charge in [0.15, 0.2) is 11.4 Å². The van der Waals surface area contributed by atoms with Crippen LogP contribution in [0, 0.1) is 79.3 Å². The number of nitriles is 7. The van der Waals surface area contributed by atoms with Crippen molar-refractivity contribution in [1.29, 1.82) is 36.8 Å². The third kappa shape index (κ3) is 6.64. The number of alkyl halides is 12. The number of pyridine rings is 2. The largest absolute Gasteiger partial charge is 0.434 e. The van der Waals surface area contributed by atoms with E-state index < -0.39 is 108 Å². The highest BCUT2D eigenvalue weighted by atomic mass is 19.4. The molecule has 1 aromatic carbocycles. The molecule has 248 valence electrons. The number of aromatic nitrogens is 2. The van der Waals surface area contributed by atoms with Crippen molar-refractivity contribution in [3.8, 4) is 42.5 Å². The molecule has 0 saturated heterocycles. The van der Waals surface area contributed by atoms with Crippen LogP contribution in [0.1, 0.15) is 61.7 Å². The van der Waals surface area contributed by atoms with E-state index in [0.29, 0.717) is 6.07 Å². The molecule has 0 amide bonds. The maximum Gasteiger partial charge on any atom is 0.434 e. The van der Waals surface area contributed by atoms with Crippen LogP contribution in [-0.4, -0.2) is 9.97 Å². The quantitative estimate of drug-likeness (QED) is 0.316. The van der Waals surface area contributed by atoms with E-state index in [-0.39, 0.29) is 12.1 Å². The minimum atomic E-state index is -5.77. The van der Waals surface area contributed by atoms with Crippen LogP contribution in [0.4, 0.5) is 52.7 Å². The fourth-order valence-corrected chi connectivity index (χ4v) is 4.38. The third-order valence-electron chi connectivity index (χ3n) is 6.33. The van der Waals surface area contributed by atoms with Crippen molar-refractivity contribution < 1.29 is 52.7 Å². The number of hydrogen-bond acceptors (Lipinski definition) is 9. The molecule has 0 aliphatic rings. The van der Waals surface area contributed by atoms with Gasteiger partial charge >= 0.3 is 24.7 Å². The van der Waals surface area contributed by atoms with Gasteiger partial charge < -0.3 is 0 Å². The van der Waals surface area contributed by atoms with Gasteiger partial charge in [0.2, 0.25) is 0 Å². The Kier molecular flexibility index (Phi) is 9.55. The van der Waals surface area contributed by atoms with Crippen molar-refractivity contribution in [2.45, 2.75) is 24.7 Å². The summed E-state index contributed by atoms with van der Waals surface area (Å²) in [4.78, 5) is 4.83. The molecule has 0 unspecified atom stereocenters. The zero-order valence-electron chi connectivity index (χ0n) is 23.3. The predicted octanol–water partition coefficient (Wildman–Crippen LogP) is 5.36. The molecule has 3 rings (SSSR count). The highest BCUT2D eigenvalue weighted by Gasteiger charge is 2.44. The van der Waals surface area contributed by atoms with E-state index >= 15 is 0 Å². The van der Waals surface area contributed by atoms with E-state index in [1.165, 1.54) is 18.2 Å². The summed E-state index contributed by atoms with van der Waals surface area (Å²) in [6, 6.07) is 7.80. The van der Waals surface area contributed by atoms with Crippen molar-refractivity contribution in [2.24, 2.45) is 0 Å². The van der Waals surface area contributed by atoms with Crippen LogP contribution < -0.4 is 10.4 Å².